The van der Waals surface area contributed by atoms with Crippen molar-refractivity contribution in [3.8, 4) is 6.07 Å². The van der Waals surface area contributed by atoms with E-state index in [-0.39, 0.29) is 5.59 Å². The molecule has 2 N–H and O–H groups in total. The highest BCUT2D eigenvalue weighted by molar-refractivity contribution is 6.41. The van der Waals surface area contributed by atoms with Gasteiger partial charge in [0, 0.05) is 11.0 Å². The maximum Gasteiger partial charge on any atom is 0.145 e. The molecular formula is C10H6BClN4. The first-order valence-corrected chi connectivity index (χ1v) is 4.88. The molecule has 4 nitrogen and oxygen atoms in total. The Kier molecular flexibility index (Phi) is 2.78. The molecule has 1 aromatic carbocycles. The molecule has 0 bridgehead atoms. The van der Waals surface area contributed by atoms with Crippen LogP contribution in [0.3, 0.4) is 0 Å². The van der Waals surface area contributed by atoms with E-state index >= 15 is 0 Å². The van der Waals surface area contributed by atoms with E-state index in [1.54, 1.807) is 18.2 Å². The fourth-order valence-electron chi connectivity index (χ4n) is 1.49. The molecule has 0 amide bonds. The van der Waals surface area contributed by atoms with Crippen LogP contribution >= 0.6 is 11.6 Å². The van der Waals surface area contributed by atoms with Gasteiger partial charge in [0.25, 0.3) is 0 Å². The van der Waals surface area contributed by atoms with Crippen molar-refractivity contribution >= 4 is 35.8 Å². The normalized spacial score (nSPS) is 12.3. The second-order valence-corrected chi connectivity index (χ2v) is 3.65. The zero-order valence-corrected chi connectivity index (χ0v) is 8.94. The van der Waals surface area contributed by atoms with Crippen LogP contribution in [-0.4, -0.2) is 18.0 Å². The average Bonchev–Trinajstić information content (AvgIpc) is 2.30. The first-order chi connectivity index (χ1) is 7.65. The third-order valence-electron chi connectivity index (χ3n) is 2.24. The fourth-order valence-corrected chi connectivity index (χ4v) is 1.76. The van der Waals surface area contributed by atoms with Crippen molar-refractivity contribution in [2.24, 2.45) is 5.73 Å². The molecule has 2 radical (unpaired) electrons. The van der Waals surface area contributed by atoms with E-state index in [0.717, 1.165) is 0 Å². The summed E-state index contributed by atoms with van der Waals surface area (Å²) >= 11 is 6.05. The van der Waals surface area contributed by atoms with E-state index in [1.807, 2.05) is 6.07 Å². The van der Waals surface area contributed by atoms with Crippen molar-refractivity contribution < 1.29 is 0 Å². The molecule has 1 heterocycles. The summed E-state index contributed by atoms with van der Waals surface area (Å²) in [6.07, 6.45) is 0. The van der Waals surface area contributed by atoms with Gasteiger partial charge >= 0.3 is 0 Å². The first-order valence-electron chi connectivity index (χ1n) is 4.50. The third kappa shape index (κ3) is 1.62. The molecule has 0 aliphatic rings. The first kappa shape index (κ1) is 10.9. The van der Waals surface area contributed by atoms with Gasteiger partial charge in [0.15, 0.2) is 0 Å². The van der Waals surface area contributed by atoms with Crippen molar-refractivity contribution in [1.29, 1.82) is 5.26 Å². The highest BCUT2D eigenvalue weighted by atomic mass is 35.5. The van der Waals surface area contributed by atoms with Crippen molar-refractivity contribution in [2.75, 3.05) is 0 Å². The van der Waals surface area contributed by atoms with E-state index in [2.05, 4.69) is 10.2 Å². The van der Waals surface area contributed by atoms with Gasteiger partial charge in [-0.25, -0.2) is 0 Å². The number of benzene rings is 1. The van der Waals surface area contributed by atoms with E-state index in [9.17, 15) is 0 Å². The maximum atomic E-state index is 8.79. The minimum atomic E-state index is -0.865. The highest BCUT2D eigenvalue weighted by Crippen LogP contribution is 2.26. The number of nitrogens with zero attached hydrogens (tertiary/aromatic N) is 3. The van der Waals surface area contributed by atoms with Crippen LogP contribution in [-0.2, 0) is 0 Å². The summed E-state index contributed by atoms with van der Waals surface area (Å²) in [5, 5.41) is 18.1. The summed E-state index contributed by atoms with van der Waals surface area (Å²) in [4.78, 5) is 0. The van der Waals surface area contributed by atoms with Crippen LogP contribution in [0.4, 0.5) is 0 Å². The van der Waals surface area contributed by atoms with Crippen LogP contribution in [0.5, 0.6) is 0 Å². The summed E-state index contributed by atoms with van der Waals surface area (Å²) in [5.74, 6) is 0. The van der Waals surface area contributed by atoms with Gasteiger partial charge in [-0.1, -0.05) is 23.7 Å². The van der Waals surface area contributed by atoms with E-state index in [4.69, 9.17) is 30.4 Å². The molecule has 1 unspecified atom stereocenters. The molecule has 76 valence electrons. The zero-order chi connectivity index (χ0) is 11.7. The van der Waals surface area contributed by atoms with Crippen molar-refractivity contribution in [3.63, 3.8) is 0 Å². The van der Waals surface area contributed by atoms with Crippen LogP contribution in [0.2, 0.25) is 5.02 Å². The quantitative estimate of drug-likeness (QED) is 0.725. The predicted molar refractivity (Wildman–Crippen MR) is 62.5 cm³/mol. The Labute approximate surface area is 98.4 Å². The summed E-state index contributed by atoms with van der Waals surface area (Å²) in [5.41, 5.74) is 6.23. The standard InChI is InChI=1S/C10H6BClN4/c11-10-5-2-1-3-6(12)8(5)9(15-16-10)7(14)4-13/h1-3,7H,14H2. The minimum absolute atomic E-state index is 0.270. The number of aromatic nitrogens is 2. The predicted octanol–water partition coefficient (Wildman–Crippen LogP) is 0.600. The molecule has 0 saturated heterocycles. The monoisotopic (exact) mass is 228 g/mol. The van der Waals surface area contributed by atoms with Crippen LogP contribution in [0.15, 0.2) is 18.2 Å². The number of rotatable bonds is 1. The molecule has 1 aromatic heterocycles. The summed E-state index contributed by atoms with van der Waals surface area (Å²) in [7, 11) is 5.68. The molecule has 6 heteroatoms. The Bertz CT molecular complexity index is 593. The lowest BCUT2D eigenvalue weighted by Gasteiger charge is -2.09. The topological polar surface area (TPSA) is 75.6 Å². The lowest BCUT2D eigenvalue weighted by atomic mass is 9.95. The molecule has 2 rings (SSSR count). The Morgan fingerprint density at radius 1 is 1.44 bits per heavy atom. The molecule has 1 atom stereocenters. The number of nitriles is 1. The van der Waals surface area contributed by atoms with Gasteiger partial charge in [-0.15, -0.1) is 0 Å². The summed E-state index contributed by atoms with van der Waals surface area (Å²) in [6.45, 7) is 0. The maximum absolute atomic E-state index is 8.79. The molecule has 0 fully saturated rings. The van der Waals surface area contributed by atoms with Crippen LogP contribution in [0.25, 0.3) is 10.8 Å². The summed E-state index contributed by atoms with van der Waals surface area (Å²) in [6, 6.07) is 6.24. The van der Waals surface area contributed by atoms with E-state index in [1.165, 1.54) is 0 Å². The molecule has 0 spiro atoms. The lowest BCUT2D eigenvalue weighted by Crippen LogP contribution is -2.18. The van der Waals surface area contributed by atoms with Gasteiger partial charge in [0.2, 0.25) is 0 Å². The molecule has 0 aliphatic heterocycles. The highest BCUT2D eigenvalue weighted by Gasteiger charge is 2.15. The second-order valence-electron chi connectivity index (χ2n) is 3.24. The molecule has 16 heavy (non-hydrogen) atoms. The largest absolute Gasteiger partial charge is 0.311 e. The second kappa shape index (κ2) is 4.09. The SMILES string of the molecule is [B]c1nnc(C(N)C#N)c2c(Cl)cccc12. The third-order valence-corrected chi connectivity index (χ3v) is 2.56. The Morgan fingerprint density at radius 3 is 2.88 bits per heavy atom. The lowest BCUT2D eigenvalue weighted by molar-refractivity contribution is 0.847. The summed E-state index contributed by atoms with van der Waals surface area (Å²) < 4.78 is 0. The zero-order valence-electron chi connectivity index (χ0n) is 8.18. The number of halogens is 1. The minimum Gasteiger partial charge on any atom is -0.311 e. The van der Waals surface area contributed by atoms with Crippen molar-refractivity contribution in [3.05, 3.63) is 28.9 Å². The average molecular weight is 228 g/mol. The van der Waals surface area contributed by atoms with Gasteiger partial charge < -0.3 is 5.73 Å². The van der Waals surface area contributed by atoms with Crippen molar-refractivity contribution in [1.82, 2.24) is 10.2 Å². The molecular weight excluding hydrogens is 222 g/mol. The van der Waals surface area contributed by atoms with Crippen LogP contribution < -0.4 is 11.3 Å². The number of hydrogen-bond acceptors (Lipinski definition) is 4. The van der Waals surface area contributed by atoms with Gasteiger partial charge in [0.05, 0.1) is 11.1 Å². The molecule has 0 saturated carbocycles. The van der Waals surface area contributed by atoms with Crippen LogP contribution in [0, 0.1) is 11.3 Å². The molecule has 0 aliphatic carbocycles. The van der Waals surface area contributed by atoms with Gasteiger partial charge in [0.1, 0.15) is 19.6 Å². The van der Waals surface area contributed by atoms with E-state index in [0.29, 0.717) is 21.5 Å². The number of nitrogens with two attached hydrogens (primary N) is 1. The van der Waals surface area contributed by atoms with Gasteiger partial charge in [-0.05, 0) is 11.5 Å². The number of fused-ring (bicyclic) bond motifs is 1. The molecule has 2 aromatic rings. The van der Waals surface area contributed by atoms with E-state index < -0.39 is 6.04 Å². The Morgan fingerprint density at radius 2 is 2.19 bits per heavy atom. The van der Waals surface area contributed by atoms with Crippen LogP contribution in [0.1, 0.15) is 11.7 Å². The Hall–Kier alpha value is -1.64. The number of hydrogen-bond donors (Lipinski definition) is 1. The van der Waals surface area contributed by atoms with Gasteiger partial charge in [-0.3, -0.25) is 0 Å². The van der Waals surface area contributed by atoms with Gasteiger partial charge in [-0.2, -0.15) is 15.5 Å². The Balaban J connectivity index is 2.88. The smallest absolute Gasteiger partial charge is 0.145 e. The fraction of sp³-hybridized carbons (Fsp3) is 0.100. The van der Waals surface area contributed by atoms with Crippen molar-refractivity contribution in [2.45, 2.75) is 6.04 Å².